The summed E-state index contributed by atoms with van der Waals surface area (Å²) in [7, 11) is 1.54. The van der Waals surface area contributed by atoms with Crippen molar-refractivity contribution in [2.45, 2.75) is 44.2 Å². The van der Waals surface area contributed by atoms with Crippen molar-refractivity contribution in [1.82, 2.24) is 10.2 Å². The Kier molecular flexibility index (Phi) is 6.01. The summed E-state index contributed by atoms with van der Waals surface area (Å²) >= 11 is 0. The molecule has 1 saturated carbocycles. The number of rotatable bonds is 4. The Morgan fingerprint density at radius 2 is 1.92 bits per heavy atom. The van der Waals surface area contributed by atoms with Crippen LogP contribution in [0.2, 0.25) is 0 Å². The van der Waals surface area contributed by atoms with Gasteiger partial charge >= 0.3 is 12.1 Å². The van der Waals surface area contributed by atoms with E-state index in [9.17, 15) is 20.0 Å². The summed E-state index contributed by atoms with van der Waals surface area (Å²) < 4.78 is 5.06. The molecule has 0 saturated heterocycles. The van der Waals surface area contributed by atoms with Gasteiger partial charge in [0.15, 0.2) is 0 Å². The van der Waals surface area contributed by atoms with Crippen LogP contribution in [0, 0.1) is 11.3 Å². The van der Waals surface area contributed by atoms with Gasteiger partial charge in [-0.05, 0) is 30.5 Å². The van der Waals surface area contributed by atoms with E-state index in [-0.39, 0.29) is 6.04 Å². The van der Waals surface area contributed by atoms with E-state index in [1.165, 1.54) is 7.11 Å². The van der Waals surface area contributed by atoms with Crippen LogP contribution in [-0.2, 0) is 0 Å². The largest absolute Gasteiger partial charge is 0.497 e. The maximum absolute atomic E-state index is 12.4. The van der Waals surface area contributed by atoms with E-state index in [0.29, 0.717) is 24.2 Å². The first kappa shape index (κ1) is 17.6. The number of carbonyl (C=O) groups excluding carboxylic acids is 1. The van der Waals surface area contributed by atoms with Gasteiger partial charge in [-0.25, -0.2) is 14.5 Å². The summed E-state index contributed by atoms with van der Waals surface area (Å²) in [5, 5.41) is 21.2. The zero-order chi connectivity index (χ0) is 17.5. The highest BCUT2D eigenvalue weighted by Crippen LogP contribution is 2.24. The minimum absolute atomic E-state index is 0.327. The van der Waals surface area contributed by atoms with Crippen molar-refractivity contribution in [1.29, 1.82) is 5.26 Å². The molecule has 1 aliphatic rings. The first-order valence-corrected chi connectivity index (χ1v) is 7.93. The second-order valence-corrected chi connectivity index (χ2v) is 5.73. The Morgan fingerprint density at radius 1 is 1.29 bits per heavy atom. The highest BCUT2D eigenvalue weighted by Gasteiger charge is 2.32. The Morgan fingerprint density at radius 3 is 2.42 bits per heavy atom. The van der Waals surface area contributed by atoms with Crippen LogP contribution in [0.3, 0.4) is 0 Å². The number of benzene rings is 1. The molecule has 1 aromatic rings. The molecular weight excluding hydrogens is 310 g/mol. The third-order valence-corrected chi connectivity index (χ3v) is 4.21. The zero-order valence-corrected chi connectivity index (χ0v) is 13.6. The van der Waals surface area contributed by atoms with Gasteiger partial charge in [0.05, 0.1) is 13.2 Å². The molecule has 0 radical (unpaired) electrons. The number of imide groups is 1. The molecule has 7 heteroatoms. The molecule has 2 N–H and O–H groups in total. The number of amides is 3. The maximum atomic E-state index is 12.4. The van der Waals surface area contributed by atoms with E-state index >= 15 is 0 Å². The second kappa shape index (κ2) is 8.20. The van der Waals surface area contributed by atoms with E-state index < -0.39 is 18.2 Å². The number of ether oxygens (including phenoxy) is 1. The molecule has 0 unspecified atom stereocenters. The summed E-state index contributed by atoms with van der Waals surface area (Å²) in [5.41, 5.74) is 0.570. The maximum Gasteiger partial charge on any atom is 0.415 e. The number of urea groups is 1. The van der Waals surface area contributed by atoms with Gasteiger partial charge in [0.2, 0.25) is 0 Å². The highest BCUT2D eigenvalue weighted by molar-refractivity contribution is 5.90. The number of nitrogens with one attached hydrogen (secondary N) is 1. The number of methoxy groups -OCH3 is 1. The number of carbonyl (C=O) groups is 2. The molecule has 7 nitrogen and oxygen atoms in total. The van der Waals surface area contributed by atoms with Gasteiger partial charge in [-0.3, -0.25) is 0 Å². The number of hydrogen-bond donors (Lipinski definition) is 2. The Bertz CT molecular complexity index is 618. The van der Waals surface area contributed by atoms with Gasteiger partial charge in [0, 0.05) is 6.04 Å². The van der Waals surface area contributed by atoms with Crippen molar-refractivity contribution in [3.8, 4) is 11.8 Å². The lowest BCUT2D eigenvalue weighted by Crippen LogP contribution is -2.50. The first-order chi connectivity index (χ1) is 11.6. The van der Waals surface area contributed by atoms with E-state index in [2.05, 4.69) is 5.32 Å². The molecule has 0 aliphatic heterocycles. The minimum Gasteiger partial charge on any atom is -0.497 e. The molecule has 0 spiro atoms. The van der Waals surface area contributed by atoms with Gasteiger partial charge in [0.1, 0.15) is 11.8 Å². The number of nitriles is 1. The Labute approximate surface area is 140 Å². The third-order valence-electron chi connectivity index (χ3n) is 4.21. The van der Waals surface area contributed by atoms with E-state index in [1.54, 1.807) is 24.3 Å². The molecule has 3 amide bonds. The van der Waals surface area contributed by atoms with Gasteiger partial charge in [-0.15, -0.1) is 0 Å². The fourth-order valence-corrected chi connectivity index (χ4v) is 2.93. The third kappa shape index (κ3) is 4.16. The van der Waals surface area contributed by atoms with Crippen molar-refractivity contribution >= 4 is 12.1 Å². The monoisotopic (exact) mass is 331 g/mol. The number of hydrogen-bond acceptors (Lipinski definition) is 4. The molecule has 2 rings (SSSR count). The van der Waals surface area contributed by atoms with E-state index in [1.807, 2.05) is 6.07 Å². The van der Waals surface area contributed by atoms with Crippen molar-refractivity contribution in [2.24, 2.45) is 0 Å². The van der Waals surface area contributed by atoms with E-state index in [0.717, 1.165) is 24.2 Å². The second-order valence-electron chi connectivity index (χ2n) is 5.73. The molecule has 24 heavy (non-hydrogen) atoms. The molecule has 0 bridgehead atoms. The number of nitrogens with zero attached hydrogens (tertiary/aromatic N) is 2. The van der Waals surface area contributed by atoms with Crippen molar-refractivity contribution in [3.05, 3.63) is 29.8 Å². The number of carboxylic acid groups (broad SMARTS) is 1. The lowest BCUT2D eigenvalue weighted by molar-refractivity contribution is 0.120. The Hall–Kier alpha value is -2.75. The van der Waals surface area contributed by atoms with Crippen LogP contribution in [-0.4, -0.2) is 35.3 Å². The smallest absolute Gasteiger partial charge is 0.415 e. The summed E-state index contributed by atoms with van der Waals surface area (Å²) in [6, 6.07) is 6.68. The predicted octanol–water partition coefficient (Wildman–Crippen LogP) is 3.28. The Balaban J connectivity index is 2.10. The van der Waals surface area contributed by atoms with Crippen LogP contribution in [0.15, 0.2) is 24.3 Å². The quantitative estimate of drug-likeness (QED) is 0.881. The van der Waals surface area contributed by atoms with Crippen molar-refractivity contribution < 1.29 is 19.4 Å². The summed E-state index contributed by atoms with van der Waals surface area (Å²) in [4.78, 5) is 24.7. The van der Waals surface area contributed by atoms with Crippen LogP contribution < -0.4 is 10.1 Å². The summed E-state index contributed by atoms with van der Waals surface area (Å²) in [6.07, 6.45) is 2.91. The molecule has 128 valence electrons. The SMILES string of the molecule is COc1ccc([C@@H](C#N)NC(=O)N(C(=O)O)C2CCCCC2)cc1. The average Bonchev–Trinajstić information content (AvgIpc) is 2.60. The molecule has 1 aromatic carbocycles. The van der Waals surface area contributed by atoms with Crippen LogP contribution in [0.1, 0.15) is 43.7 Å². The van der Waals surface area contributed by atoms with Gasteiger partial charge in [-0.2, -0.15) is 5.26 Å². The summed E-state index contributed by atoms with van der Waals surface area (Å²) in [5.74, 6) is 0.635. The topological polar surface area (TPSA) is 103 Å². The molecule has 1 atom stereocenters. The van der Waals surface area contributed by atoms with Crippen molar-refractivity contribution in [3.63, 3.8) is 0 Å². The molecule has 0 heterocycles. The van der Waals surface area contributed by atoms with Gasteiger partial charge < -0.3 is 15.2 Å². The fraction of sp³-hybridized carbons (Fsp3) is 0.471. The first-order valence-electron chi connectivity index (χ1n) is 7.93. The highest BCUT2D eigenvalue weighted by atomic mass is 16.5. The standard InChI is InChI=1S/C17H21N3O4/c1-24-14-9-7-12(8-10-14)15(11-18)19-16(21)20(17(22)23)13-5-3-2-4-6-13/h7-10,13,15H,2-6H2,1H3,(H,19,21)(H,22,23)/t15-/m1/s1. The van der Waals surface area contributed by atoms with E-state index in [4.69, 9.17) is 4.74 Å². The van der Waals surface area contributed by atoms with Crippen LogP contribution in [0.25, 0.3) is 0 Å². The normalized spacial score (nSPS) is 15.8. The van der Waals surface area contributed by atoms with Crippen LogP contribution >= 0.6 is 0 Å². The molecule has 1 fully saturated rings. The van der Waals surface area contributed by atoms with Crippen LogP contribution in [0.5, 0.6) is 5.75 Å². The van der Waals surface area contributed by atoms with Crippen LogP contribution in [0.4, 0.5) is 9.59 Å². The zero-order valence-electron chi connectivity index (χ0n) is 13.6. The lowest BCUT2D eigenvalue weighted by Gasteiger charge is -2.31. The minimum atomic E-state index is -1.29. The van der Waals surface area contributed by atoms with Gasteiger partial charge in [0.25, 0.3) is 0 Å². The lowest BCUT2D eigenvalue weighted by atomic mass is 9.94. The fourth-order valence-electron chi connectivity index (χ4n) is 2.93. The van der Waals surface area contributed by atoms with Crippen molar-refractivity contribution in [2.75, 3.05) is 7.11 Å². The van der Waals surface area contributed by atoms with Gasteiger partial charge in [-0.1, -0.05) is 31.4 Å². The average molecular weight is 331 g/mol. The summed E-state index contributed by atoms with van der Waals surface area (Å²) in [6.45, 7) is 0. The molecule has 0 aromatic heterocycles. The molecular formula is C17H21N3O4. The molecule has 1 aliphatic carbocycles. The predicted molar refractivity (Wildman–Crippen MR) is 86.6 cm³/mol.